The van der Waals surface area contributed by atoms with E-state index in [0.29, 0.717) is 25.0 Å². The lowest BCUT2D eigenvalue weighted by molar-refractivity contribution is 0.234. The topological polar surface area (TPSA) is 75.8 Å². The van der Waals surface area contributed by atoms with Gasteiger partial charge in [0.1, 0.15) is 11.5 Å². The van der Waals surface area contributed by atoms with Crippen molar-refractivity contribution in [1.29, 1.82) is 0 Å². The highest BCUT2D eigenvalue weighted by Crippen LogP contribution is 2.39. The molecule has 2 aliphatic rings. The van der Waals surface area contributed by atoms with Gasteiger partial charge in [-0.2, -0.15) is 0 Å². The van der Waals surface area contributed by atoms with Crippen LogP contribution in [0, 0.1) is 24.2 Å². The highest BCUT2D eigenvalue weighted by atomic mass is 28.3. The molecule has 8 heteroatoms. The maximum atomic E-state index is 6.80. The van der Waals surface area contributed by atoms with Gasteiger partial charge in [0.2, 0.25) is 0 Å². The normalized spacial score (nSPS) is 13.5. The Labute approximate surface area is 385 Å². The number of unbranched alkanes of at least 4 members (excludes halogenated alkanes) is 2. The molecule has 8 bridgehead atoms. The monoisotopic (exact) mass is 887 g/mol. The van der Waals surface area contributed by atoms with Gasteiger partial charge in [0.25, 0.3) is 0 Å². The first-order valence-electron chi connectivity index (χ1n) is 23.9. The fraction of sp³-hybridized carbons (Fsp3) is 0.393. The van der Waals surface area contributed by atoms with Crippen LogP contribution in [-0.4, -0.2) is 49.3 Å². The molecule has 0 amide bonds. The van der Waals surface area contributed by atoms with Crippen molar-refractivity contribution in [3.63, 3.8) is 0 Å². The molecule has 0 radical (unpaired) electrons. The number of hydrogen-bond acceptors (Lipinski definition) is 4. The Morgan fingerprint density at radius 3 is 1.53 bits per heavy atom. The Bertz CT molecular complexity index is 2740. The first-order valence-corrected chi connectivity index (χ1v) is 30.9. The second-order valence-electron chi connectivity index (χ2n) is 19.8. The molecule has 2 N–H and O–H groups in total. The number of rotatable bonds is 18. The molecule has 3 aromatic heterocycles. The zero-order chi connectivity index (χ0) is 45.6. The summed E-state index contributed by atoms with van der Waals surface area (Å²) in [4.78, 5) is 19.1. The maximum Gasteiger partial charge on any atom is 0.127 e. The summed E-state index contributed by atoms with van der Waals surface area (Å²) in [6.07, 6.45) is 24.5. The van der Waals surface area contributed by atoms with Crippen LogP contribution in [0.5, 0.6) is 11.5 Å². The lowest BCUT2D eigenvalue weighted by atomic mass is 10.00. The highest BCUT2D eigenvalue weighted by Gasteiger charge is 2.29. The fourth-order valence-electron chi connectivity index (χ4n) is 9.33. The Balaban J connectivity index is 1.58. The van der Waals surface area contributed by atoms with Crippen molar-refractivity contribution in [2.75, 3.05) is 13.2 Å². The minimum atomic E-state index is -2.15. The van der Waals surface area contributed by atoms with Crippen molar-refractivity contribution >= 4 is 72.9 Å². The van der Waals surface area contributed by atoms with E-state index < -0.39 is 16.1 Å². The van der Waals surface area contributed by atoms with E-state index in [1.54, 1.807) is 0 Å². The van der Waals surface area contributed by atoms with Gasteiger partial charge in [0.05, 0.1) is 63.2 Å². The molecule has 0 fully saturated rings. The second kappa shape index (κ2) is 20.2. The fourth-order valence-corrected chi connectivity index (χ4v) is 13.0. The first kappa shape index (κ1) is 46.6. The van der Waals surface area contributed by atoms with Crippen molar-refractivity contribution in [3.8, 4) is 46.1 Å². The number of terminal acetylenes is 1. The molecule has 7 rings (SSSR count). The van der Waals surface area contributed by atoms with E-state index in [1.807, 2.05) is 0 Å². The number of para-hydroxylation sites is 2. The van der Waals surface area contributed by atoms with Crippen LogP contribution in [0.2, 0.25) is 39.3 Å². The lowest BCUT2D eigenvalue weighted by Crippen LogP contribution is -2.40. The third-order valence-corrected chi connectivity index (χ3v) is 16.9. The number of nitrogens with zero attached hydrogens (tertiary/aromatic N) is 2. The van der Waals surface area contributed by atoms with E-state index in [9.17, 15) is 0 Å². The van der Waals surface area contributed by atoms with Crippen LogP contribution in [-0.2, 0) is 0 Å². The Kier molecular flexibility index (Phi) is 14.7. The number of hydrogen-bond donors (Lipinski definition) is 2. The van der Waals surface area contributed by atoms with Crippen molar-refractivity contribution in [2.45, 2.75) is 118 Å². The van der Waals surface area contributed by atoms with Crippen LogP contribution in [0.25, 0.3) is 68.6 Å². The number of ether oxygens (including phenoxy) is 2. The number of fused-ring (bicyclic) bond motifs is 8. The molecule has 2 aliphatic heterocycles. The summed E-state index contributed by atoms with van der Waals surface area (Å²) in [5.74, 6) is 5.81. The molecule has 0 aliphatic carbocycles. The van der Waals surface area contributed by atoms with E-state index in [2.05, 4.69) is 174 Å². The SMILES string of the molecule is C#Cc1cc2[nH]c1c([Si](C)(C)C)c1nc(c(-c3ccccc3OCC(CC)CCCC)c3ccc([nH]3)c([Si](C)(C)C)c3nc(c2-c2ccccc2OCC(CC)CCCC)C=C3)C=C1. The molecular weight excluding hydrogens is 817 g/mol. The van der Waals surface area contributed by atoms with Gasteiger partial charge in [-0.05, 0) is 89.7 Å². The standard InChI is InChI=1S/C56H70N4O2Si2/c1-12-17-23-38(14-3)36-61-50-27-21-19-25-41(50)52-43-29-32-46(57-43)55(63(6,7)8)47-33-30-45(58-47)53(42-26-20-22-28-51(42)62-37-39(15-4)24-18-13-2)49-35-40(16-5)54(60-49)56(64(9,10)11)48-34-31-44(52)59-48/h5,19-22,25-35,38-39,57,60H,12-15,17-18,23-24,36-37H2,1-4,6-11H3. The third kappa shape index (κ3) is 10.1. The number of aromatic amines is 2. The molecular formula is C56H70N4O2Si2. The minimum absolute atomic E-state index is 0.488. The summed E-state index contributed by atoms with van der Waals surface area (Å²) in [6, 6.07) is 23.5. The van der Waals surface area contributed by atoms with Crippen molar-refractivity contribution in [3.05, 3.63) is 95.1 Å². The Morgan fingerprint density at radius 2 is 1.05 bits per heavy atom. The largest absolute Gasteiger partial charge is 0.493 e. The average molecular weight is 887 g/mol. The zero-order valence-corrected chi connectivity index (χ0v) is 42.2. The van der Waals surface area contributed by atoms with Crippen LogP contribution >= 0.6 is 0 Å². The van der Waals surface area contributed by atoms with Crippen LogP contribution in [0.15, 0.2) is 66.7 Å². The molecule has 2 aromatic carbocycles. The van der Waals surface area contributed by atoms with Crippen molar-refractivity contribution in [2.24, 2.45) is 11.8 Å². The first-order chi connectivity index (χ1) is 30.8. The summed E-state index contributed by atoms with van der Waals surface area (Å²) in [5.41, 5.74) is 12.4. The van der Waals surface area contributed by atoms with Crippen LogP contribution in [0.1, 0.15) is 107 Å². The summed E-state index contributed by atoms with van der Waals surface area (Å²) in [5, 5.41) is 2.44. The van der Waals surface area contributed by atoms with Gasteiger partial charge in [0.15, 0.2) is 0 Å². The number of aromatic nitrogens is 4. The van der Waals surface area contributed by atoms with Gasteiger partial charge < -0.3 is 19.4 Å². The molecule has 0 saturated heterocycles. The van der Waals surface area contributed by atoms with E-state index in [1.165, 1.54) is 42.5 Å². The van der Waals surface area contributed by atoms with E-state index in [4.69, 9.17) is 25.9 Å². The molecule has 2 atom stereocenters. The van der Waals surface area contributed by atoms with Crippen molar-refractivity contribution < 1.29 is 9.47 Å². The molecule has 334 valence electrons. The molecule has 6 nitrogen and oxygen atoms in total. The zero-order valence-electron chi connectivity index (χ0n) is 40.2. The summed E-state index contributed by atoms with van der Waals surface area (Å²) in [6.45, 7) is 24.7. The van der Waals surface area contributed by atoms with Gasteiger partial charge in [-0.15, -0.1) is 6.42 Å². The molecule has 5 aromatic rings. The second-order valence-corrected chi connectivity index (χ2v) is 29.8. The lowest BCUT2D eigenvalue weighted by Gasteiger charge is -2.19. The number of benzene rings is 2. The molecule has 0 spiro atoms. The van der Waals surface area contributed by atoms with Gasteiger partial charge >= 0.3 is 0 Å². The smallest absolute Gasteiger partial charge is 0.127 e. The molecule has 0 saturated carbocycles. The predicted molar refractivity (Wildman–Crippen MR) is 281 cm³/mol. The third-order valence-electron chi connectivity index (χ3n) is 12.9. The molecule has 5 heterocycles. The number of H-pyrrole nitrogens is 2. The van der Waals surface area contributed by atoms with Crippen LogP contribution < -0.4 is 19.8 Å². The van der Waals surface area contributed by atoms with Crippen LogP contribution in [0.4, 0.5) is 0 Å². The van der Waals surface area contributed by atoms with E-state index in [0.717, 1.165) is 103 Å². The van der Waals surface area contributed by atoms with Gasteiger partial charge in [0, 0.05) is 38.9 Å². The number of nitrogens with one attached hydrogen (secondary N) is 2. The summed E-state index contributed by atoms with van der Waals surface area (Å²) >= 11 is 0. The quantitative estimate of drug-likeness (QED) is 0.0665. The van der Waals surface area contributed by atoms with Gasteiger partial charge in [-0.25, -0.2) is 9.97 Å². The van der Waals surface area contributed by atoms with Gasteiger partial charge in [-0.3, -0.25) is 0 Å². The minimum Gasteiger partial charge on any atom is -0.493 e. The van der Waals surface area contributed by atoms with Gasteiger partial charge in [-0.1, -0.05) is 148 Å². The highest BCUT2D eigenvalue weighted by molar-refractivity contribution is 6.91. The maximum absolute atomic E-state index is 6.80. The Hall–Kier alpha value is -5.37. The summed E-state index contributed by atoms with van der Waals surface area (Å²) in [7, 11) is -4.19. The van der Waals surface area contributed by atoms with E-state index >= 15 is 0 Å². The molecule has 2 unspecified atom stereocenters. The van der Waals surface area contributed by atoms with Crippen molar-refractivity contribution in [1.82, 2.24) is 19.9 Å². The van der Waals surface area contributed by atoms with E-state index in [-0.39, 0.29) is 0 Å². The molecule has 64 heavy (non-hydrogen) atoms. The average Bonchev–Trinajstić information content (AvgIpc) is 4.11. The predicted octanol–water partition coefficient (Wildman–Crippen LogP) is 14.3. The van der Waals surface area contributed by atoms with Crippen LogP contribution in [0.3, 0.4) is 0 Å². The Morgan fingerprint density at radius 1 is 0.578 bits per heavy atom. The summed E-state index contributed by atoms with van der Waals surface area (Å²) < 4.78 is 13.6.